The summed E-state index contributed by atoms with van der Waals surface area (Å²) in [7, 11) is 0. The largest absolute Gasteiger partial charge is 0.314 e. The topological polar surface area (TPSA) is 12.0 Å². The molecule has 0 fully saturated rings. The second-order valence-electron chi connectivity index (χ2n) is 5.25. The fourth-order valence-electron chi connectivity index (χ4n) is 2.03. The zero-order chi connectivity index (χ0) is 14.1. The molecular weight excluding hydrogens is 274 g/mol. The van der Waals surface area contributed by atoms with Crippen LogP contribution in [0.4, 0.5) is 0 Å². The number of benzene rings is 1. The highest BCUT2D eigenvalue weighted by atomic mass is 35.5. The molecule has 0 amide bonds. The van der Waals surface area contributed by atoms with Crippen LogP contribution in [0.2, 0.25) is 5.02 Å². The van der Waals surface area contributed by atoms with E-state index in [1.807, 2.05) is 23.9 Å². The van der Waals surface area contributed by atoms with Crippen LogP contribution < -0.4 is 5.32 Å². The summed E-state index contributed by atoms with van der Waals surface area (Å²) >= 11 is 7.97. The van der Waals surface area contributed by atoms with Crippen LogP contribution in [-0.2, 0) is 6.42 Å². The molecule has 19 heavy (non-hydrogen) atoms. The third-order valence-corrected chi connectivity index (χ3v) is 4.31. The van der Waals surface area contributed by atoms with Crippen molar-refractivity contribution in [2.24, 2.45) is 5.92 Å². The zero-order valence-corrected chi connectivity index (χ0v) is 13.9. The Labute approximate surface area is 127 Å². The molecule has 1 aromatic carbocycles. The van der Waals surface area contributed by atoms with Crippen LogP contribution in [0, 0.1) is 5.92 Å². The van der Waals surface area contributed by atoms with Crippen molar-refractivity contribution >= 4 is 23.4 Å². The zero-order valence-electron chi connectivity index (χ0n) is 12.3. The van der Waals surface area contributed by atoms with E-state index in [-0.39, 0.29) is 0 Å². The van der Waals surface area contributed by atoms with E-state index < -0.39 is 0 Å². The highest BCUT2D eigenvalue weighted by Crippen LogP contribution is 2.17. The van der Waals surface area contributed by atoms with Gasteiger partial charge in [-0.25, -0.2) is 0 Å². The summed E-state index contributed by atoms with van der Waals surface area (Å²) in [5, 5.41) is 4.39. The maximum Gasteiger partial charge on any atom is 0.0406 e. The molecule has 0 heterocycles. The van der Waals surface area contributed by atoms with Gasteiger partial charge in [0.25, 0.3) is 0 Å². The van der Waals surface area contributed by atoms with Crippen LogP contribution in [0.1, 0.15) is 32.8 Å². The van der Waals surface area contributed by atoms with Crippen LogP contribution in [0.5, 0.6) is 0 Å². The third-order valence-electron chi connectivity index (χ3n) is 3.13. The minimum Gasteiger partial charge on any atom is -0.314 e. The van der Waals surface area contributed by atoms with Crippen molar-refractivity contribution in [3.8, 4) is 0 Å². The maximum atomic E-state index is 5.94. The smallest absolute Gasteiger partial charge is 0.0406 e. The summed E-state index contributed by atoms with van der Waals surface area (Å²) in [5.41, 5.74) is 1.39. The summed E-state index contributed by atoms with van der Waals surface area (Å²) in [6.07, 6.45) is 2.42. The first-order valence-electron chi connectivity index (χ1n) is 7.17. The molecule has 1 unspecified atom stereocenters. The van der Waals surface area contributed by atoms with Gasteiger partial charge < -0.3 is 5.32 Å². The Morgan fingerprint density at radius 2 is 1.89 bits per heavy atom. The van der Waals surface area contributed by atoms with Gasteiger partial charge in [-0.15, -0.1) is 0 Å². The lowest BCUT2D eigenvalue weighted by atomic mass is 9.96. The van der Waals surface area contributed by atoms with Crippen LogP contribution >= 0.6 is 23.4 Å². The van der Waals surface area contributed by atoms with Gasteiger partial charge in [0.05, 0.1) is 0 Å². The molecule has 0 aliphatic carbocycles. The molecule has 3 heteroatoms. The lowest BCUT2D eigenvalue weighted by molar-refractivity contribution is 0.438. The molecule has 108 valence electrons. The lowest BCUT2D eigenvalue weighted by Crippen LogP contribution is -2.30. The Morgan fingerprint density at radius 1 is 1.21 bits per heavy atom. The van der Waals surface area contributed by atoms with E-state index in [2.05, 4.69) is 38.2 Å². The number of halogens is 1. The molecule has 1 atom stereocenters. The molecule has 1 nitrogen and oxygen atoms in total. The van der Waals surface area contributed by atoms with E-state index in [1.54, 1.807) is 0 Å². The molecule has 0 aliphatic rings. The van der Waals surface area contributed by atoms with Gasteiger partial charge >= 0.3 is 0 Å². The van der Waals surface area contributed by atoms with Crippen molar-refractivity contribution < 1.29 is 0 Å². The molecule has 0 spiro atoms. The molecule has 1 aromatic rings. The highest BCUT2D eigenvalue weighted by molar-refractivity contribution is 7.99. The lowest BCUT2D eigenvalue weighted by Gasteiger charge is -2.19. The standard InChI is InChI=1S/C16H26ClNS/c1-4-19-10-9-15(12-18-13(2)3)11-14-5-7-16(17)8-6-14/h5-8,13,15,18H,4,9-12H2,1-3H3. The average molecular weight is 300 g/mol. The van der Waals surface area contributed by atoms with E-state index in [4.69, 9.17) is 11.6 Å². The minimum atomic E-state index is 0.562. The van der Waals surface area contributed by atoms with E-state index in [1.165, 1.54) is 23.5 Å². The molecule has 0 aromatic heterocycles. The molecule has 1 rings (SSSR count). The SMILES string of the molecule is CCSCCC(CNC(C)C)Cc1ccc(Cl)cc1. The summed E-state index contributed by atoms with van der Waals surface area (Å²) in [4.78, 5) is 0. The molecule has 0 radical (unpaired) electrons. The quantitative estimate of drug-likeness (QED) is 0.667. The van der Waals surface area contributed by atoms with Crippen LogP contribution in [-0.4, -0.2) is 24.1 Å². The maximum absolute atomic E-state index is 5.94. The Kier molecular flexibility index (Phi) is 8.60. The summed E-state index contributed by atoms with van der Waals surface area (Å²) < 4.78 is 0. The van der Waals surface area contributed by atoms with E-state index >= 15 is 0 Å². The minimum absolute atomic E-state index is 0.562. The van der Waals surface area contributed by atoms with Crippen molar-refractivity contribution in [3.05, 3.63) is 34.9 Å². The molecule has 0 aliphatic heterocycles. The van der Waals surface area contributed by atoms with Gasteiger partial charge in [-0.3, -0.25) is 0 Å². The van der Waals surface area contributed by atoms with Crippen molar-refractivity contribution in [3.63, 3.8) is 0 Å². The number of thioether (sulfide) groups is 1. The van der Waals surface area contributed by atoms with Crippen LogP contribution in [0.25, 0.3) is 0 Å². The number of nitrogens with one attached hydrogen (secondary N) is 1. The number of hydrogen-bond acceptors (Lipinski definition) is 2. The normalized spacial score (nSPS) is 12.9. The Bertz CT molecular complexity index is 337. The molecule has 0 saturated heterocycles. The van der Waals surface area contributed by atoms with Gasteiger partial charge in [-0.2, -0.15) is 11.8 Å². The molecule has 0 saturated carbocycles. The van der Waals surface area contributed by atoms with E-state index in [9.17, 15) is 0 Å². The summed E-state index contributed by atoms with van der Waals surface area (Å²) in [6, 6.07) is 8.84. The highest BCUT2D eigenvalue weighted by Gasteiger charge is 2.10. The van der Waals surface area contributed by atoms with Gasteiger partial charge in [0, 0.05) is 11.1 Å². The van der Waals surface area contributed by atoms with E-state index in [0.29, 0.717) is 12.0 Å². The van der Waals surface area contributed by atoms with Gasteiger partial charge in [0.15, 0.2) is 0 Å². The van der Waals surface area contributed by atoms with Gasteiger partial charge in [-0.05, 0) is 54.5 Å². The monoisotopic (exact) mass is 299 g/mol. The Hall–Kier alpha value is -0.180. The first-order valence-corrected chi connectivity index (χ1v) is 8.70. The average Bonchev–Trinajstić information content (AvgIpc) is 2.38. The number of hydrogen-bond donors (Lipinski definition) is 1. The van der Waals surface area contributed by atoms with Gasteiger partial charge in [0.1, 0.15) is 0 Å². The fraction of sp³-hybridized carbons (Fsp3) is 0.625. The molecule has 0 bridgehead atoms. The second-order valence-corrected chi connectivity index (χ2v) is 7.08. The van der Waals surface area contributed by atoms with Crippen molar-refractivity contribution in [1.82, 2.24) is 5.32 Å². The van der Waals surface area contributed by atoms with E-state index in [0.717, 1.165) is 18.0 Å². The fourth-order valence-corrected chi connectivity index (χ4v) is 2.94. The third kappa shape index (κ3) is 7.86. The summed E-state index contributed by atoms with van der Waals surface area (Å²) in [6.45, 7) is 7.75. The molecule has 1 N–H and O–H groups in total. The van der Waals surface area contributed by atoms with Gasteiger partial charge in [0.2, 0.25) is 0 Å². The first kappa shape index (κ1) is 16.9. The first-order chi connectivity index (χ1) is 9.11. The van der Waals surface area contributed by atoms with Crippen LogP contribution in [0.15, 0.2) is 24.3 Å². The van der Waals surface area contributed by atoms with Crippen LogP contribution in [0.3, 0.4) is 0 Å². The predicted octanol–water partition coefficient (Wildman–Crippen LogP) is 4.64. The number of rotatable bonds is 9. The Balaban J connectivity index is 2.48. The molecular formula is C16H26ClNS. The van der Waals surface area contributed by atoms with Crippen molar-refractivity contribution in [2.75, 3.05) is 18.1 Å². The van der Waals surface area contributed by atoms with Gasteiger partial charge in [-0.1, -0.05) is 44.5 Å². The van der Waals surface area contributed by atoms with Crippen molar-refractivity contribution in [1.29, 1.82) is 0 Å². The summed E-state index contributed by atoms with van der Waals surface area (Å²) in [5.74, 6) is 3.18. The van der Waals surface area contributed by atoms with Crippen molar-refractivity contribution in [2.45, 2.75) is 39.7 Å². The predicted molar refractivity (Wildman–Crippen MR) is 89.4 cm³/mol. The second kappa shape index (κ2) is 9.68. The Morgan fingerprint density at radius 3 is 2.47 bits per heavy atom.